The normalized spacial score (nSPS) is 10.3. The van der Waals surface area contributed by atoms with Crippen molar-refractivity contribution in [3.8, 4) is 5.75 Å². The number of rotatable bonds is 7. The van der Waals surface area contributed by atoms with Crippen LogP contribution in [0.4, 0.5) is 11.4 Å². The molecule has 0 unspecified atom stereocenters. The maximum Gasteiger partial charge on any atom is 0.257 e. The molecule has 0 aliphatic heterocycles. The predicted octanol–water partition coefficient (Wildman–Crippen LogP) is 5.10. The molecular formula is C25H25N3O3S. The van der Waals surface area contributed by atoms with E-state index in [2.05, 4.69) is 29.8 Å². The molecule has 2 amide bonds. The van der Waals surface area contributed by atoms with Gasteiger partial charge in [-0.3, -0.25) is 14.9 Å². The summed E-state index contributed by atoms with van der Waals surface area (Å²) in [6, 6.07) is 23.0. The Balaban J connectivity index is 1.53. The molecule has 0 aliphatic rings. The van der Waals surface area contributed by atoms with Crippen LogP contribution >= 0.6 is 12.2 Å². The molecule has 3 rings (SSSR count). The number of anilines is 2. The minimum atomic E-state index is -0.329. The number of carbonyl (C=O) groups is 2. The quantitative estimate of drug-likeness (QED) is 0.439. The lowest BCUT2D eigenvalue weighted by Crippen LogP contribution is -2.34. The number of hydrogen-bond donors (Lipinski definition) is 3. The molecule has 3 aromatic rings. The minimum absolute atomic E-state index is 0.171. The predicted molar refractivity (Wildman–Crippen MR) is 131 cm³/mol. The second-order valence-electron chi connectivity index (χ2n) is 7.54. The van der Waals surface area contributed by atoms with Crippen LogP contribution in [-0.2, 0) is 0 Å². The molecule has 0 saturated carbocycles. The summed E-state index contributed by atoms with van der Waals surface area (Å²) in [6.45, 7) is 4.70. The first kappa shape index (κ1) is 23.0. The number of benzene rings is 3. The van der Waals surface area contributed by atoms with E-state index in [0.717, 1.165) is 0 Å². The highest BCUT2D eigenvalue weighted by Gasteiger charge is 2.10. The summed E-state index contributed by atoms with van der Waals surface area (Å²) in [6.07, 6.45) is 0. The Labute approximate surface area is 193 Å². The zero-order chi connectivity index (χ0) is 22.9. The highest BCUT2D eigenvalue weighted by atomic mass is 32.1. The van der Waals surface area contributed by atoms with E-state index in [1.807, 2.05) is 24.3 Å². The van der Waals surface area contributed by atoms with Gasteiger partial charge in [0.05, 0.1) is 6.61 Å². The molecule has 0 heterocycles. The van der Waals surface area contributed by atoms with Crippen LogP contribution in [0.2, 0.25) is 0 Å². The summed E-state index contributed by atoms with van der Waals surface area (Å²) in [4.78, 5) is 24.7. The average Bonchev–Trinajstić information content (AvgIpc) is 2.79. The van der Waals surface area contributed by atoms with Gasteiger partial charge in [0.25, 0.3) is 11.8 Å². The van der Waals surface area contributed by atoms with Gasteiger partial charge in [0, 0.05) is 22.5 Å². The summed E-state index contributed by atoms with van der Waals surface area (Å²) in [5.74, 6) is 0.513. The molecule has 0 aromatic heterocycles. The van der Waals surface area contributed by atoms with Crippen LogP contribution in [0.3, 0.4) is 0 Å². The lowest BCUT2D eigenvalue weighted by atomic mass is 10.2. The molecule has 0 aliphatic carbocycles. The Morgan fingerprint density at radius 1 is 0.812 bits per heavy atom. The third-order valence-electron chi connectivity index (χ3n) is 4.34. The van der Waals surface area contributed by atoms with Crippen LogP contribution in [0, 0.1) is 5.92 Å². The first-order valence-electron chi connectivity index (χ1n) is 10.2. The third kappa shape index (κ3) is 6.92. The van der Waals surface area contributed by atoms with E-state index >= 15 is 0 Å². The van der Waals surface area contributed by atoms with Crippen molar-refractivity contribution in [1.29, 1.82) is 0 Å². The lowest BCUT2D eigenvalue weighted by Gasteiger charge is -2.12. The van der Waals surface area contributed by atoms with Gasteiger partial charge in [-0.05, 0) is 72.7 Å². The van der Waals surface area contributed by atoms with Crippen molar-refractivity contribution < 1.29 is 14.3 Å². The number of thiocarbonyl (C=S) groups is 1. The lowest BCUT2D eigenvalue weighted by molar-refractivity contribution is 0.0975. The maximum atomic E-state index is 12.5. The van der Waals surface area contributed by atoms with Gasteiger partial charge in [-0.1, -0.05) is 38.1 Å². The molecular weight excluding hydrogens is 422 g/mol. The van der Waals surface area contributed by atoms with Gasteiger partial charge in [0.1, 0.15) is 5.75 Å². The molecule has 0 atom stereocenters. The van der Waals surface area contributed by atoms with Gasteiger partial charge in [-0.15, -0.1) is 0 Å². The molecule has 3 aromatic carbocycles. The zero-order valence-electron chi connectivity index (χ0n) is 17.9. The van der Waals surface area contributed by atoms with Crippen molar-refractivity contribution >= 4 is 40.5 Å². The Kier molecular flexibility index (Phi) is 7.94. The van der Waals surface area contributed by atoms with Crippen molar-refractivity contribution in [2.24, 2.45) is 5.92 Å². The van der Waals surface area contributed by atoms with Crippen LogP contribution in [0.15, 0.2) is 78.9 Å². The molecule has 0 spiro atoms. The molecule has 6 nitrogen and oxygen atoms in total. The van der Waals surface area contributed by atoms with Crippen molar-refractivity contribution in [2.75, 3.05) is 17.2 Å². The highest BCUT2D eigenvalue weighted by molar-refractivity contribution is 7.80. The van der Waals surface area contributed by atoms with Crippen molar-refractivity contribution in [3.05, 3.63) is 90.0 Å². The molecule has 3 N–H and O–H groups in total. The summed E-state index contributed by atoms with van der Waals surface area (Å²) >= 11 is 5.25. The molecule has 0 saturated heterocycles. The fourth-order valence-electron chi connectivity index (χ4n) is 2.76. The van der Waals surface area contributed by atoms with Crippen LogP contribution in [0.5, 0.6) is 5.75 Å². The fourth-order valence-corrected chi connectivity index (χ4v) is 2.97. The van der Waals surface area contributed by atoms with Crippen molar-refractivity contribution in [2.45, 2.75) is 13.8 Å². The number of hydrogen-bond acceptors (Lipinski definition) is 4. The van der Waals surface area contributed by atoms with Crippen molar-refractivity contribution in [3.63, 3.8) is 0 Å². The van der Waals surface area contributed by atoms with E-state index in [4.69, 9.17) is 17.0 Å². The zero-order valence-corrected chi connectivity index (χ0v) is 18.7. The molecule has 7 heteroatoms. The number of ether oxygens (including phenoxy) is 1. The minimum Gasteiger partial charge on any atom is -0.493 e. The molecule has 0 fully saturated rings. The SMILES string of the molecule is CC(C)COc1cccc(C(=O)NC(=S)Nc2ccc(NC(=O)c3ccccc3)cc2)c1. The molecule has 32 heavy (non-hydrogen) atoms. The second-order valence-corrected chi connectivity index (χ2v) is 7.95. The van der Waals surface area contributed by atoms with E-state index < -0.39 is 0 Å². The van der Waals surface area contributed by atoms with E-state index in [1.165, 1.54) is 0 Å². The van der Waals surface area contributed by atoms with Gasteiger partial charge in [0.2, 0.25) is 0 Å². The molecule has 0 bridgehead atoms. The second kappa shape index (κ2) is 11.1. The van der Waals surface area contributed by atoms with Crippen LogP contribution in [0.25, 0.3) is 0 Å². The Hall–Kier alpha value is -3.71. The highest BCUT2D eigenvalue weighted by Crippen LogP contribution is 2.16. The van der Waals surface area contributed by atoms with E-state index in [-0.39, 0.29) is 16.9 Å². The fraction of sp³-hybridized carbons (Fsp3) is 0.160. The largest absolute Gasteiger partial charge is 0.493 e. The maximum absolute atomic E-state index is 12.5. The smallest absolute Gasteiger partial charge is 0.257 e. The number of nitrogens with one attached hydrogen (secondary N) is 3. The summed E-state index contributed by atoms with van der Waals surface area (Å²) in [5.41, 5.74) is 2.37. The Morgan fingerprint density at radius 3 is 2.09 bits per heavy atom. The summed E-state index contributed by atoms with van der Waals surface area (Å²) in [5, 5.41) is 8.63. The van der Waals surface area contributed by atoms with Gasteiger partial charge in [-0.2, -0.15) is 0 Å². The topological polar surface area (TPSA) is 79.5 Å². The third-order valence-corrected chi connectivity index (χ3v) is 4.55. The number of amides is 2. The van der Waals surface area contributed by atoms with E-state index in [9.17, 15) is 9.59 Å². The van der Waals surface area contributed by atoms with Gasteiger partial charge in [-0.25, -0.2) is 0 Å². The molecule has 164 valence electrons. The van der Waals surface area contributed by atoms with Gasteiger partial charge in [0.15, 0.2) is 5.11 Å². The van der Waals surface area contributed by atoms with E-state index in [1.54, 1.807) is 54.6 Å². The van der Waals surface area contributed by atoms with Crippen LogP contribution < -0.4 is 20.7 Å². The first-order valence-corrected chi connectivity index (χ1v) is 10.6. The van der Waals surface area contributed by atoms with Gasteiger partial charge < -0.3 is 15.4 Å². The number of carbonyl (C=O) groups excluding carboxylic acids is 2. The summed E-state index contributed by atoms with van der Waals surface area (Å²) < 4.78 is 5.67. The van der Waals surface area contributed by atoms with E-state index in [0.29, 0.717) is 40.8 Å². The van der Waals surface area contributed by atoms with Crippen molar-refractivity contribution in [1.82, 2.24) is 5.32 Å². The average molecular weight is 448 g/mol. The standard InChI is InChI=1S/C25H25N3O3S/c1-17(2)16-31-22-10-6-9-19(15-22)24(30)28-25(32)27-21-13-11-20(12-14-21)26-23(29)18-7-4-3-5-8-18/h3-15,17H,16H2,1-2H3,(H,26,29)(H2,27,28,30,32). The van der Waals surface area contributed by atoms with Crippen LogP contribution in [0.1, 0.15) is 34.6 Å². The monoisotopic (exact) mass is 447 g/mol. The Morgan fingerprint density at radius 2 is 1.44 bits per heavy atom. The van der Waals surface area contributed by atoms with Crippen LogP contribution in [-0.4, -0.2) is 23.5 Å². The van der Waals surface area contributed by atoms with Gasteiger partial charge >= 0.3 is 0 Å². The molecule has 0 radical (unpaired) electrons. The Bertz CT molecular complexity index is 1080. The first-order chi connectivity index (χ1) is 15.4. The summed E-state index contributed by atoms with van der Waals surface area (Å²) in [7, 11) is 0.